The lowest BCUT2D eigenvalue weighted by atomic mass is 10.3. The van der Waals surface area contributed by atoms with E-state index in [4.69, 9.17) is 19.4 Å². The SMILES string of the molecule is c1cc(COc2cc(N3CCOCC3)nc(-c3ccn[nH]3)n2)nc(N2CCCC2)c1. The zero-order chi connectivity index (χ0) is 20.2. The third-order valence-electron chi connectivity index (χ3n) is 5.36. The maximum Gasteiger partial charge on any atom is 0.219 e. The lowest BCUT2D eigenvalue weighted by molar-refractivity contribution is 0.122. The van der Waals surface area contributed by atoms with Crippen LogP contribution in [-0.2, 0) is 11.3 Å². The molecule has 0 atom stereocenters. The number of morpholine rings is 1. The summed E-state index contributed by atoms with van der Waals surface area (Å²) < 4.78 is 11.5. The Morgan fingerprint density at radius 3 is 2.57 bits per heavy atom. The molecule has 9 nitrogen and oxygen atoms in total. The number of ether oxygens (including phenoxy) is 2. The number of nitrogens with one attached hydrogen (secondary N) is 1. The fourth-order valence-corrected chi connectivity index (χ4v) is 3.76. The monoisotopic (exact) mass is 407 g/mol. The second kappa shape index (κ2) is 8.66. The maximum atomic E-state index is 6.06. The summed E-state index contributed by atoms with van der Waals surface area (Å²) in [7, 11) is 0. The average Bonchev–Trinajstić information content (AvgIpc) is 3.53. The second-order valence-electron chi connectivity index (χ2n) is 7.43. The Morgan fingerprint density at radius 2 is 1.77 bits per heavy atom. The molecule has 2 aliphatic rings. The fraction of sp³-hybridized carbons (Fsp3) is 0.429. The van der Waals surface area contributed by atoms with Gasteiger partial charge in [0.15, 0.2) is 5.82 Å². The van der Waals surface area contributed by atoms with Crippen molar-refractivity contribution in [3.8, 4) is 17.4 Å². The van der Waals surface area contributed by atoms with E-state index in [1.54, 1.807) is 6.20 Å². The van der Waals surface area contributed by atoms with Gasteiger partial charge in [0, 0.05) is 38.4 Å². The van der Waals surface area contributed by atoms with Gasteiger partial charge in [-0.1, -0.05) is 6.07 Å². The summed E-state index contributed by atoms with van der Waals surface area (Å²) in [5.74, 6) is 2.92. The van der Waals surface area contributed by atoms with Crippen LogP contribution in [0.5, 0.6) is 5.88 Å². The van der Waals surface area contributed by atoms with E-state index in [0.29, 0.717) is 31.5 Å². The van der Waals surface area contributed by atoms with Crippen molar-refractivity contribution in [2.45, 2.75) is 19.4 Å². The first-order valence-corrected chi connectivity index (χ1v) is 10.4. The summed E-state index contributed by atoms with van der Waals surface area (Å²) in [6.07, 6.45) is 4.14. The molecule has 3 aromatic heterocycles. The van der Waals surface area contributed by atoms with E-state index in [1.165, 1.54) is 12.8 Å². The summed E-state index contributed by atoms with van der Waals surface area (Å²) in [6.45, 7) is 5.44. The Hall–Kier alpha value is -3.20. The molecule has 0 aromatic carbocycles. The highest BCUT2D eigenvalue weighted by Gasteiger charge is 2.17. The van der Waals surface area contributed by atoms with Crippen LogP contribution in [0, 0.1) is 0 Å². The van der Waals surface area contributed by atoms with Crippen molar-refractivity contribution in [1.82, 2.24) is 25.1 Å². The Bertz CT molecular complexity index is 967. The fourth-order valence-electron chi connectivity index (χ4n) is 3.76. The molecule has 2 aliphatic heterocycles. The molecule has 1 N–H and O–H groups in total. The summed E-state index contributed by atoms with van der Waals surface area (Å²) in [6, 6.07) is 9.82. The number of pyridine rings is 1. The van der Waals surface area contributed by atoms with Crippen LogP contribution in [0.2, 0.25) is 0 Å². The molecule has 30 heavy (non-hydrogen) atoms. The third kappa shape index (κ3) is 4.20. The van der Waals surface area contributed by atoms with E-state index in [9.17, 15) is 0 Å². The second-order valence-corrected chi connectivity index (χ2v) is 7.43. The average molecular weight is 407 g/mol. The van der Waals surface area contributed by atoms with Crippen molar-refractivity contribution < 1.29 is 9.47 Å². The van der Waals surface area contributed by atoms with Crippen LogP contribution < -0.4 is 14.5 Å². The number of hydrogen-bond acceptors (Lipinski definition) is 8. The van der Waals surface area contributed by atoms with Crippen molar-refractivity contribution in [2.24, 2.45) is 0 Å². The third-order valence-corrected chi connectivity index (χ3v) is 5.36. The van der Waals surface area contributed by atoms with Gasteiger partial charge in [0.2, 0.25) is 5.88 Å². The quantitative estimate of drug-likeness (QED) is 0.665. The molecule has 0 aliphatic carbocycles. The molecule has 5 heterocycles. The van der Waals surface area contributed by atoms with E-state index < -0.39 is 0 Å². The van der Waals surface area contributed by atoms with Gasteiger partial charge in [-0.05, 0) is 31.0 Å². The number of aromatic amines is 1. The first-order valence-electron chi connectivity index (χ1n) is 10.4. The molecule has 0 unspecified atom stereocenters. The molecule has 0 saturated carbocycles. The molecular formula is C21H25N7O2. The first-order chi connectivity index (χ1) is 14.8. The number of aromatic nitrogens is 5. The topological polar surface area (TPSA) is 92.3 Å². The van der Waals surface area contributed by atoms with Crippen molar-refractivity contribution >= 4 is 11.6 Å². The normalized spacial score (nSPS) is 16.8. The van der Waals surface area contributed by atoms with Crippen molar-refractivity contribution in [3.05, 3.63) is 42.2 Å². The number of hydrogen-bond donors (Lipinski definition) is 1. The molecule has 0 spiro atoms. The van der Waals surface area contributed by atoms with Crippen molar-refractivity contribution in [3.63, 3.8) is 0 Å². The summed E-state index contributed by atoms with van der Waals surface area (Å²) in [4.78, 5) is 18.6. The molecule has 0 bridgehead atoms. The lowest BCUT2D eigenvalue weighted by Gasteiger charge is -2.28. The van der Waals surface area contributed by atoms with E-state index in [0.717, 1.165) is 49.2 Å². The van der Waals surface area contributed by atoms with Crippen LogP contribution >= 0.6 is 0 Å². The van der Waals surface area contributed by atoms with Gasteiger partial charge in [0.1, 0.15) is 23.9 Å². The Labute approximate surface area is 175 Å². The van der Waals surface area contributed by atoms with E-state index >= 15 is 0 Å². The largest absolute Gasteiger partial charge is 0.471 e. The molecule has 156 valence electrons. The zero-order valence-electron chi connectivity index (χ0n) is 16.8. The van der Waals surface area contributed by atoms with E-state index in [1.807, 2.05) is 24.3 Å². The van der Waals surface area contributed by atoms with Crippen LogP contribution in [0.3, 0.4) is 0 Å². The van der Waals surface area contributed by atoms with Gasteiger partial charge >= 0.3 is 0 Å². The minimum atomic E-state index is 0.351. The molecule has 3 aromatic rings. The number of nitrogens with zero attached hydrogens (tertiary/aromatic N) is 6. The number of rotatable bonds is 6. The van der Waals surface area contributed by atoms with Crippen LogP contribution in [0.1, 0.15) is 18.5 Å². The van der Waals surface area contributed by atoms with Gasteiger partial charge in [0.25, 0.3) is 0 Å². The van der Waals surface area contributed by atoms with Crippen LogP contribution in [0.25, 0.3) is 11.5 Å². The number of anilines is 2. The predicted molar refractivity (Wildman–Crippen MR) is 113 cm³/mol. The summed E-state index contributed by atoms with van der Waals surface area (Å²) >= 11 is 0. The molecular weight excluding hydrogens is 382 g/mol. The van der Waals surface area contributed by atoms with Gasteiger partial charge in [-0.25, -0.2) is 9.97 Å². The molecule has 0 radical (unpaired) electrons. The Morgan fingerprint density at radius 1 is 0.933 bits per heavy atom. The van der Waals surface area contributed by atoms with Crippen molar-refractivity contribution in [1.29, 1.82) is 0 Å². The Kier molecular flexibility index (Phi) is 5.43. The zero-order valence-corrected chi connectivity index (χ0v) is 16.8. The van der Waals surface area contributed by atoms with Crippen LogP contribution in [-0.4, -0.2) is 64.5 Å². The molecule has 2 fully saturated rings. The highest BCUT2D eigenvalue weighted by molar-refractivity contribution is 5.54. The molecule has 5 rings (SSSR count). The highest BCUT2D eigenvalue weighted by Crippen LogP contribution is 2.24. The van der Waals surface area contributed by atoms with Gasteiger partial charge in [0.05, 0.1) is 18.9 Å². The highest BCUT2D eigenvalue weighted by atomic mass is 16.5. The van der Waals surface area contributed by atoms with E-state index in [-0.39, 0.29) is 0 Å². The van der Waals surface area contributed by atoms with Gasteiger partial charge in [-0.15, -0.1) is 0 Å². The van der Waals surface area contributed by atoms with Gasteiger partial charge in [-0.2, -0.15) is 10.1 Å². The predicted octanol–water partition coefficient (Wildman–Crippen LogP) is 2.28. The maximum absolute atomic E-state index is 6.06. The van der Waals surface area contributed by atoms with Crippen LogP contribution in [0.15, 0.2) is 36.5 Å². The molecule has 9 heteroatoms. The minimum Gasteiger partial charge on any atom is -0.471 e. The summed E-state index contributed by atoms with van der Waals surface area (Å²) in [5, 5.41) is 6.95. The van der Waals surface area contributed by atoms with Gasteiger partial charge < -0.3 is 19.3 Å². The smallest absolute Gasteiger partial charge is 0.219 e. The van der Waals surface area contributed by atoms with Crippen LogP contribution in [0.4, 0.5) is 11.6 Å². The first kappa shape index (κ1) is 18.8. The molecule has 0 amide bonds. The molecule has 2 saturated heterocycles. The van der Waals surface area contributed by atoms with E-state index in [2.05, 4.69) is 31.0 Å². The minimum absolute atomic E-state index is 0.351. The summed E-state index contributed by atoms with van der Waals surface area (Å²) in [5.41, 5.74) is 1.64. The van der Waals surface area contributed by atoms with Gasteiger partial charge in [-0.3, -0.25) is 5.10 Å². The lowest BCUT2D eigenvalue weighted by Crippen LogP contribution is -2.36. The Balaban J connectivity index is 1.37. The number of H-pyrrole nitrogens is 1. The standard InChI is InChI=1S/C21H25N7O2/c1-2-9-27(8-1)18-5-3-4-16(23-18)15-30-20-14-19(28-10-12-29-13-11-28)24-21(25-20)17-6-7-22-26-17/h3-7,14H,1-2,8-13,15H2,(H,22,26). The van der Waals surface area contributed by atoms with Crippen molar-refractivity contribution in [2.75, 3.05) is 49.2 Å².